The highest BCUT2D eigenvalue weighted by Crippen LogP contribution is 2.32. The standard InChI is InChI=1S/C21H30N6O2/c1-21(2,26-19(23)27(3)14-28)12-16-5-4-6-18(11-16)25-20(29)24-17-9-7-15(13-22)8-10-17/h7-10,14,16,18H,4-6,11-12H2,1-3H3,(H2,23,26)(H2,24,25,29)/t16-,18+/m0/s1. The molecule has 0 bridgehead atoms. The number of nitriles is 1. The van der Waals surface area contributed by atoms with Crippen LogP contribution in [0.1, 0.15) is 51.5 Å². The lowest BCUT2D eigenvalue weighted by Gasteiger charge is -2.34. The third-order valence-electron chi connectivity index (χ3n) is 5.11. The summed E-state index contributed by atoms with van der Waals surface area (Å²) in [6.07, 6.45) is 5.41. The van der Waals surface area contributed by atoms with Crippen molar-refractivity contribution in [3.63, 3.8) is 0 Å². The molecule has 0 heterocycles. The van der Waals surface area contributed by atoms with Crippen LogP contribution in [0.15, 0.2) is 29.3 Å². The minimum Gasteiger partial charge on any atom is -0.369 e. The Balaban J connectivity index is 1.88. The molecular weight excluding hydrogens is 368 g/mol. The number of guanidine groups is 1. The van der Waals surface area contributed by atoms with Gasteiger partial charge in [-0.25, -0.2) is 9.79 Å². The molecule has 8 heteroatoms. The van der Waals surface area contributed by atoms with Gasteiger partial charge in [0.15, 0.2) is 5.96 Å². The van der Waals surface area contributed by atoms with Crippen LogP contribution in [-0.4, -0.2) is 41.9 Å². The Bertz CT molecular complexity index is 781. The molecule has 1 aromatic rings. The zero-order valence-corrected chi connectivity index (χ0v) is 17.3. The first-order valence-corrected chi connectivity index (χ1v) is 9.83. The lowest BCUT2D eigenvalue weighted by Crippen LogP contribution is -2.42. The molecule has 1 aliphatic carbocycles. The van der Waals surface area contributed by atoms with Gasteiger partial charge in [-0.3, -0.25) is 9.69 Å². The Morgan fingerprint density at radius 1 is 1.38 bits per heavy atom. The molecular formula is C21H30N6O2. The van der Waals surface area contributed by atoms with Gasteiger partial charge in [0.05, 0.1) is 17.2 Å². The molecule has 156 valence electrons. The zero-order chi connectivity index (χ0) is 21.4. The molecule has 1 aliphatic rings. The van der Waals surface area contributed by atoms with Gasteiger partial charge in [0.2, 0.25) is 6.41 Å². The van der Waals surface area contributed by atoms with Crippen molar-refractivity contribution in [2.45, 2.75) is 57.5 Å². The van der Waals surface area contributed by atoms with Crippen molar-refractivity contribution in [3.05, 3.63) is 29.8 Å². The van der Waals surface area contributed by atoms with E-state index in [4.69, 9.17) is 11.0 Å². The number of anilines is 1. The summed E-state index contributed by atoms with van der Waals surface area (Å²) in [7, 11) is 1.58. The summed E-state index contributed by atoms with van der Waals surface area (Å²) in [6, 6.07) is 8.67. The summed E-state index contributed by atoms with van der Waals surface area (Å²) in [5, 5.41) is 14.7. The second-order valence-corrected chi connectivity index (χ2v) is 8.22. The normalized spacial score (nSPS) is 19.7. The van der Waals surface area contributed by atoms with Crippen molar-refractivity contribution < 1.29 is 9.59 Å². The van der Waals surface area contributed by atoms with Crippen LogP contribution in [0.25, 0.3) is 0 Å². The average Bonchev–Trinajstić information content (AvgIpc) is 2.67. The predicted octanol–water partition coefficient (Wildman–Crippen LogP) is 2.81. The van der Waals surface area contributed by atoms with E-state index in [1.807, 2.05) is 13.8 Å². The summed E-state index contributed by atoms with van der Waals surface area (Å²) in [6.45, 7) is 4.01. The molecule has 0 saturated heterocycles. The molecule has 0 unspecified atom stereocenters. The molecule has 8 nitrogen and oxygen atoms in total. The van der Waals surface area contributed by atoms with Crippen LogP contribution < -0.4 is 16.4 Å². The molecule has 0 aromatic heterocycles. The minimum atomic E-state index is -0.390. The monoisotopic (exact) mass is 398 g/mol. The third kappa shape index (κ3) is 7.11. The van der Waals surface area contributed by atoms with Gasteiger partial charge in [0, 0.05) is 18.8 Å². The SMILES string of the molecule is CN(C=O)C(N)=NC(C)(C)C[C@H]1CCC[C@@H](NC(=O)Nc2ccc(C#N)cc2)C1. The first-order chi connectivity index (χ1) is 13.7. The van der Waals surface area contributed by atoms with Crippen LogP contribution >= 0.6 is 0 Å². The highest BCUT2D eigenvalue weighted by Gasteiger charge is 2.29. The van der Waals surface area contributed by atoms with Crippen LogP contribution in [0.3, 0.4) is 0 Å². The molecule has 0 aliphatic heterocycles. The van der Waals surface area contributed by atoms with Crippen molar-refractivity contribution in [1.29, 1.82) is 5.26 Å². The number of aliphatic imine (C=N–C) groups is 1. The van der Waals surface area contributed by atoms with Crippen molar-refractivity contribution in [2.75, 3.05) is 12.4 Å². The Morgan fingerprint density at radius 3 is 2.69 bits per heavy atom. The second kappa shape index (κ2) is 9.92. The largest absolute Gasteiger partial charge is 0.369 e. The van der Waals surface area contributed by atoms with Gasteiger partial charge in [0.25, 0.3) is 0 Å². The summed E-state index contributed by atoms with van der Waals surface area (Å²) < 4.78 is 0. The summed E-state index contributed by atoms with van der Waals surface area (Å²) in [4.78, 5) is 28.9. The molecule has 0 radical (unpaired) electrons. The van der Waals surface area contributed by atoms with Crippen LogP contribution in [0, 0.1) is 17.2 Å². The fourth-order valence-electron chi connectivity index (χ4n) is 3.78. The molecule has 0 spiro atoms. The number of carbonyl (C=O) groups is 2. The lowest BCUT2D eigenvalue weighted by molar-refractivity contribution is -0.114. The van der Waals surface area contributed by atoms with Gasteiger partial charge in [-0.15, -0.1) is 0 Å². The Hall–Kier alpha value is -3.08. The smallest absolute Gasteiger partial charge is 0.319 e. The average molecular weight is 399 g/mol. The first kappa shape index (κ1) is 22.2. The van der Waals surface area contributed by atoms with E-state index >= 15 is 0 Å². The van der Waals surface area contributed by atoms with Crippen LogP contribution in [-0.2, 0) is 4.79 Å². The minimum absolute atomic E-state index is 0.0990. The van der Waals surface area contributed by atoms with E-state index in [1.165, 1.54) is 4.90 Å². The molecule has 29 heavy (non-hydrogen) atoms. The topological polar surface area (TPSA) is 124 Å². The number of nitrogens with two attached hydrogens (primary N) is 1. The maximum Gasteiger partial charge on any atom is 0.319 e. The molecule has 1 saturated carbocycles. The van der Waals surface area contributed by atoms with Crippen LogP contribution in [0.2, 0.25) is 0 Å². The predicted molar refractivity (Wildman–Crippen MR) is 113 cm³/mol. The first-order valence-electron chi connectivity index (χ1n) is 9.83. The van der Waals surface area contributed by atoms with E-state index in [9.17, 15) is 9.59 Å². The number of hydrogen-bond donors (Lipinski definition) is 3. The Labute approximate surface area is 172 Å². The number of nitrogens with zero attached hydrogens (tertiary/aromatic N) is 3. The van der Waals surface area contributed by atoms with Gasteiger partial charge < -0.3 is 16.4 Å². The third-order valence-corrected chi connectivity index (χ3v) is 5.11. The number of hydrogen-bond acceptors (Lipinski definition) is 4. The fraction of sp³-hybridized carbons (Fsp3) is 0.524. The lowest BCUT2D eigenvalue weighted by atomic mass is 9.79. The van der Waals surface area contributed by atoms with E-state index in [1.54, 1.807) is 31.3 Å². The van der Waals surface area contributed by atoms with Crippen LogP contribution in [0.4, 0.5) is 10.5 Å². The number of rotatable bonds is 6. The maximum absolute atomic E-state index is 12.3. The molecule has 1 aromatic carbocycles. The Kier molecular flexibility index (Phi) is 7.59. The van der Waals surface area contributed by atoms with Crippen molar-refractivity contribution in [3.8, 4) is 6.07 Å². The van der Waals surface area contributed by atoms with Crippen molar-refractivity contribution >= 4 is 24.1 Å². The molecule has 4 N–H and O–H groups in total. The molecule has 2 atom stereocenters. The quantitative estimate of drug-likeness (QED) is 0.387. The van der Waals surface area contributed by atoms with E-state index in [0.717, 1.165) is 32.1 Å². The summed E-state index contributed by atoms with van der Waals surface area (Å²) in [5.41, 5.74) is 6.68. The number of urea groups is 1. The maximum atomic E-state index is 12.3. The second-order valence-electron chi connectivity index (χ2n) is 8.22. The molecule has 1 fully saturated rings. The van der Waals surface area contributed by atoms with Gasteiger partial charge in [0.1, 0.15) is 0 Å². The highest BCUT2D eigenvalue weighted by molar-refractivity contribution is 5.89. The van der Waals surface area contributed by atoms with Gasteiger partial charge >= 0.3 is 6.03 Å². The molecule has 3 amide bonds. The number of carbonyl (C=O) groups excluding carboxylic acids is 2. The molecule has 2 rings (SSSR count). The van der Waals surface area contributed by atoms with Crippen molar-refractivity contribution in [2.24, 2.45) is 16.6 Å². The zero-order valence-electron chi connectivity index (χ0n) is 17.3. The number of amides is 3. The van der Waals surface area contributed by atoms with Gasteiger partial charge in [-0.1, -0.05) is 12.8 Å². The number of benzene rings is 1. The van der Waals surface area contributed by atoms with E-state index in [0.29, 0.717) is 23.6 Å². The van der Waals surface area contributed by atoms with Gasteiger partial charge in [-0.05, 0) is 63.3 Å². The summed E-state index contributed by atoms with van der Waals surface area (Å²) in [5.74, 6) is 0.620. The number of nitrogens with one attached hydrogen (secondary N) is 2. The van der Waals surface area contributed by atoms with Gasteiger partial charge in [-0.2, -0.15) is 5.26 Å². The van der Waals surface area contributed by atoms with E-state index in [-0.39, 0.29) is 18.0 Å². The summed E-state index contributed by atoms with van der Waals surface area (Å²) >= 11 is 0. The Morgan fingerprint density at radius 2 is 2.07 bits per heavy atom. The van der Waals surface area contributed by atoms with Crippen LogP contribution in [0.5, 0.6) is 0 Å². The van der Waals surface area contributed by atoms with E-state index < -0.39 is 5.54 Å². The highest BCUT2D eigenvalue weighted by atomic mass is 16.2. The van der Waals surface area contributed by atoms with E-state index in [2.05, 4.69) is 21.7 Å². The van der Waals surface area contributed by atoms with Crippen molar-refractivity contribution in [1.82, 2.24) is 10.2 Å². The fourth-order valence-corrected chi connectivity index (χ4v) is 3.78.